The van der Waals surface area contributed by atoms with Gasteiger partial charge in [-0.15, -0.1) is 0 Å². The minimum absolute atomic E-state index is 0.0404. The van der Waals surface area contributed by atoms with Crippen molar-refractivity contribution in [3.63, 3.8) is 0 Å². The molecule has 1 amide bonds. The molecule has 1 saturated heterocycles. The molecule has 1 heterocycles. The number of amides is 1. The van der Waals surface area contributed by atoms with Gasteiger partial charge in [0.05, 0.1) is 17.6 Å². The normalized spacial score (nSPS) is 23.5. The van der Waals surface area contributed by atoms with Gasteiger partial charge in [0, 0.05) is 18.7 Å². The third-order valence-electron chi connectivity index (χ3n) is 7.83. The molecule has 2 aromatic carbocycles. The minimum Gasteiger partial charge on any atom is -0.382 e. The Morgan fingerprint density at radius 3 is 2.36 bits per heavy atom. The molecule has 3 unspecified atom stereocenters. The topological polar surface area (TPSA) is 187 Å². The van der Waals surface area contributed by atoms with Crippen LogP contribution in [0.5, 0.6) is 0 Å². The Balaban J connectivity index is 1.55. The van der Waals surface area contributed by atoms with Gasteiger partial charge in [-0.3, -0.25) is 13.8 Å². The van der Waals surface area contributed by atoms with Gasteiger partial charge in [-0.25, -0.2) is 13.0 Å². The van der Waals surface area contributed by atoms with E-state index >= 15 is 0 Å². The summed E-state index contributed by atoms with van der Waals surface area (Å²) in [7, 11) is -6.64. The highest BCUT2D eigenvalue weighted by atomic mass is 32.2. The molecule has 0 spiro atoms. The number of hydrazone groups is 1. The first-order valence-corrected chi connectivity index (χ1v) is 17.1. The molecule has 2 aliphatic rings. The smallest absolute Gasteiger partial charge is 0.382 e. The monoisotopic (exact) mass is 621 g/mol. The average molecular weight is 622 g/mol. The second-order valence-corrected chi connectivity index (χ2v) is 13.9. The molecule has 14 heteroatoms. The van der Waals surface area contributed by atoms with E-state index in [0.717, 1.165) is 44.1 Å². The molecular formula is C28H40N5O7PS. The van der Waals surface area contributed by atoms with Crippen LogP contribution in [0.25, 0.3) is 0 Å². The van der Waals surface area contributed by atoms with Crippen molar-refractivity contribution >= 4 is 29.6 Å². The van der Waals surface area contributed by atoms with Gasteiger partial charge < -0.3 is 21.4 Å². The van der Waals surface area contributed by atoms with Gasteiger partial charge >= 0.3 is 7.82 Å². The molecule has 0 bridgehead atoms. The quantitative estimate of drug-likeness (QED) is 0.107. The Kier molecular flexibility index (Phi) is 10.8. The standard InChI is InChI=1S/C28H40N5O7PS/c1-33(23-7-4-5-8-23)28(34)25(19-20-10-12-22(13-11-20)27(29)31-30)32-42(37,38)24-16-14-21(15-17-24)26-9-3-2-6-18-39-41(35,36)40-26/h10-17,23,25-26,32H,2-9,18-19,30H2,1H3,(H2,29,31)(H,35,36). The number of benzene rings is 2. The number of rotatable bonds is 9. The van der Waals surface area contributed by atoms with Crippen LogP contribution in [0.15, 0.2) is 58.5 Å². The second kappa shape index (κ2) is 14.1. The molecule has 42 heavy (non-hydrogen) atoms. The number of hydrogen-bond acceptors (Lipinski definition) is 8. The van der Waals surface area contributed by atoms with Crippen LogP contribution in [0.2, 0.25) is 0 Å². The van der Waals surface area contributed by atoms with E-state index < -0.39 is 30.0 Å². The third-order valence-corrected chi connectivity index (χ3v) is 10.3. The van der Waals surface area contributed by atoms with Crippen LogP contribution in [0, 0.1) is 0 Å². The summed E-state index contributed by atoms with van der Waals surface area (Å²) < 4.78 is 52.4. The summed E-state index contributed by atoms with van der Waals surface area (Å²) in [4.78, 5) is 25.3. The van der Waals surface area contributed by atoms with Gasteiger partial charge in [0.25, 0.3) is 0 Å². The van der Waals surface area contributed by atoms with E-state index in [0.29, 0.717) is 24.0 Å². The van der Waals surface area contributed by atoms with Crippen LogP contribution in [-0.4, -0.2) is 55.7 Å². The molecule has 2 aromatic rings. The summed E-state index contributed by atoms with van der Waals surface area (Å²) in [5.41, 5.74) is 7.68. The maximum Gasteiger partial charge on any atom is 0.472 e. The Labute approximate surface area is 247 Å². The zero-order valence-corrected chi connectivity index (χ0v) is 25.4. The first-order chi connectivity index (χ1) is 20.0. The van der Waals surface area contributed by atoms with Gasteiger partial charge in [-0.05, 0) is 55.4 Å². The summed E-state index contributed by atoms with van der Waals surface area (Å²) in [6.45, 7) is 0.138. The zero-order valence-electron chi connectivity index (χ0n) is 23.7. The largest absolute Gasteiger partial charge is 0.472 e. The zero-order chi connectivity index (χ0) is 30.3. The van der Waals surface area contributed by atoms with Gasteiger partial charge in [0.2, 0.25) is 15.9 Å². The van der Waals surface area contributed by atoms with Crippen molar-refractivity contribution in [2.24, 2.45) is 16.7 Å². The lowest BCUT2D eigenvalue weighted by atomic mass is 10.0. The Bertz CT molecular complexity index is 1400. The number of carbonyl (C=O) groups is 1. The van der Waals surface area contributed by atoms with E-state index in [2.05, 4.69) is 9.82 Å². The Morgan fingerprint density at radius 2 is 1.71 bits per heavy atom. The highest BCUT2D eigenvalue weighted by Crippen LogP contribution is 2.50. The SMILES string of the molecule is CN(C(=O)C(Cc1ccc(/C(N)=N/N)cc1)NS(=O)(=O)c1ccc(C2CCCCCOP(=O)(O)O2)cc1)C1CCCC1. The predicted octanol–water partition coefficient (Wildman–Crippen LogP) is 3.30. The van der Waals surface area contributed by atoms with Crippen LogP contribution >= 0.6 is 7.82 Å². The second-order valence-electron chi connectivity index (χ2n) is 10.8. The van der Waals surface area contributed by atoms with Crippen LogP contribution in [0.1, 0.15) is 74.2 Å². The first kappa shape index (κ1) is 32.1. The number of likely N-dealkylation sites (N-methyl/N-ethyl adjacent to an activating group) is 1. The van der Waals surface area contributed by atoms with Crippen molar-refractivity contribution in [3.05, 3.63) is 65.2 Å². The van der Waals surface area contributed by atoms with Crippen molar-refractivity contribution in [1.29, 1.82) is 0 Å². The van der Waals surface area contributed by atoms with E-state index in [9.17, 15) is 22.7 Å². The number of amidine groups is 1. The number of sulfonamides is 1. The van der Waals surface area contributed by atoms with E-state index in [1.165, 1.54) is 12.1 Å². The molecule has 0 radical (unpaired) electrons. The fourth-order valence-corrected chi connectivity index (χ4v) is 7.55. The molecule has 12 nitrogen and oxygen atoms in total. The number of hydrogen-bond donors (Lipinski definition) is 4. The van der Waals surface area contributed by atoms with Crippen LogP contribution in [-0.2, 0) is 34.9 Å². The molecule has 6 N–H and O–H groups in total. The lowest BCUT2D eigenvalue weighted by molar-refractivity contribution is -0.133. The lowest BCUT2D eigenvalue weighted by Gasteiger charge is -2.29. The van der Waals surface area contributed by atoms with Crippen molar-refractivity contribution in [2.45, 2.75) is 80.9 Å². The van der Waals surface area contributed by atoms with Crippen LogP contribution < -0.4 is 16.3 Å². The molecule has 2 fully saturated rings. The molecule has 1 aliphatic carbocycles. The fourth-order valence-electron chi connectivity index (χ4n) is 5.40. The van der Waals surface area contributed by atoms with Gasteiger partial charge in [-0.2, -0.15) is 9.82 Å². The Morgan fingerprint density at radius 1 is 1.07 bits per heavy atom. The van der Waals surface area contributed by atoms with Crippen molar-refractivity contribution < 1.29 is 31.7 Å². The van der Waals surface area contributed by atoms with Crippen molar-refractivity contribution in [2.75, 3.05) is 13.7 Å². The number of nitrogens with zero attached hydrogens (tertiary/aromatic N) is 2. The molecule has 1 aliphatic heterocycles. The van der Waals surface area contributed by atoms with E-state index in [1.807, 2.05) is 0 Å². The summed E-state index contributed by atoms with van der Waals surface area (Å²) in [6, 6.07) is 11.9. The number of carbonyl (C=O) groups excluding carboxylic acids is 1. The summed E-state index contributed by atoms with van der Waals surface area (Å²) >= 11 is 0. The summed E-state index contributed by atoms with van der Waals surface area (Å²) in [5, 5.41) is 3.48. The van der Waals surface area contributed by atoms with Crippen molar-refractivity contribution in [3.8, 4) is 0 Å². The van der Waals surface area contributed by atoms with Gasteiger partial charge in [-0.1, -0.05) is 62.1 Å². The van der Waals surface area contributed by atoms with E-state index in [-0.39, 0.29) is 35.7 Å². The number of nitrogens with one attached hydrogen (secondary N) is 1. The first-order valence-electron chi connectivity index (χ1n) is 14.2. The average Bonchev–Trinajstić information content (AvgIpc) is 3.54. The molecule has 4 rings (SSSR count). The van der Waals surface area contributed by atoms with E-state index in [4.69, 9.17) is 20.6 Å². The molecule has 3 atom stereocenters. The van der Waals surface area contributed by atoms with Crippen LogP contribution in [0.3, 0.4) is 0 Å². The number of nitrogens with two attached hydrogens (primary N) is 2. The third kappa shape index (κ3) is 8.40. The Hall–Kier alpha value is -2.80. The summed E-state index contributed by atoms with van der Waals surface area (Å²) in [5.74, 6) is 5.11. The maximum absolute atomic E-state index is 13.6. The number of phosphoric ester groups is 1. The molecule has 230 valence electrons. The maximum atomic E-state index is 13.6. The van der Waals surface area contributed by atoms with Crippen molar-refractivity contribution in [1.82, 2.24) is 9.62 Å². The molecule has 1 saturated carbocycles. The van der Waals surface area contributed by atoms with Crippen LogP contribution in [0.4, 0.5) is 0 Å². The highest BCUT2D eigenvalue weighted by Gasteiger charge is 2.33. The number of phosphoric acid groups is 1. The predicted molar refractivity (Wildman–Crippen MR) is 159 cm³/mol. The lowest BCUT2D eigenvalue weighted by Crippen LogP contribution is -2.50. The fraction of sp³-hybridized carbons (Fsp3) is 0.500. The molecule has 0 aromatic heterocycles. The van der Waals surface area contributed by atoms with Gasteiger partial charge in [0.1, 0.15) is 11.9 Å². The highest BCUT2D eigenvalue weighted by molar-refractivity contribution is 7.89. The van der Waals surface area contributed by atoms with E-state index in [1.54, 1.807) is 48.3 Å². The summed E-state index contributed by atoms with van der Waals surface area (Å²) in [6.07, 6.45) is 5.93. The molecular weight excluding hydrogens is 581 g/mol. The van der Waals surface area contributed by atoms with Gasteiger partial charge in [0.15, 0.2) is 0 Å². The minimum atomic E-state index is -4.24.